The van der Waals surface area contributed by atoms with E-state index in [0.717, 1.165) is 12.8 Å². The van der Waals surface area contributed by atoms with Crippen LogP contribution in [0.4, 0.5) is 10.1 Å². The number of hydrogen-bond donors (Lipinski definition) is 3. The summed E-state index contributed by atoms with van der Waals surface area (Å²) in [7, 11) is 0. The number of rotatable bonds is 4. The van der Waals surface area contributed by atoms with Gasteiger partial charge in [0.25, 0.3) is 0 Å². The standard InChI is InChI=1S/C12H15FN4O.HI/c13-8-1-3-9(4-2-8)16-11(18)7-15-12(14)17-10-5-6-10;/h1-4,10H,5-7H2,(H,16,18)(H3,14,15,17);1H. The Morgan fingerprint density at radius 3 is 2.58 bits per heavy atom. The van der Waals surface area contributed by atoms with Crippen LogP contribution in [0.15, 0.2) is 29.3 Å². The first kappa shape index (κ1) is 15.7. The van der Waals surface area contributed by atoms with Gasteiger partial charge in [0.05, 0.1) is 0 Å². The van der Waals surface area contributed by atoms with Gasteiger partial charge in [-0.1, -0.05) is 0 Å². The molecule has 1 aromatic rings. The predicted molar refractivity (Wildman–Crippen MR) is 83.1 cm³/mol. The van der Waals surface area contributed by atoms with Gasteiger partial charge >= 0.3 is 0 Å². The Balaban J connectivity index is 0.00000180. The van der Waals surface area contributed by atoms with Gasteiger partial charge in [0.15, 0.2) is 5.96 Å². The SMILES string of the molecule is I.NC(=NCC(=O)Nc1ccc(F)cc1)NC1CC1. The van der Waals surface area contributed by atoms with Crippen LogP contribution in [0.1, 0.15) is 12.8 Å². The molecular formula is C12H16FIN4O. The molecule has 0 unspecified atom stereocenters. The molecule has 4 N–H and O–H groups in total. The molecule has 7 heteroatoms. The number of nitrogens with two attached hydrogens (primary N) is 1. The topological polar surface area (TPSA) is 79.5 Å². The fraction of sp³-hybridized carbons (Fsp3) is 0.333. The molecule has 0 radical (unpaired) electrons. The molecule has 0 saturated heterocycles. The molecule has 1 aliphatic carbocycles. The van der Waals surface area contributed by atoms with E-state index in [1.54, 1.807) is 0 Å². The maximum absolute atomic E-state index is 12.6. The summed E-state index contributed by atoms with van der Waals surface area (Å²) in [6.07, 6.45) is 2.19. The van der Waals surface area contributed by atoms with E-state index in [1.807, 2.05) is 0 Å². The molecule has 2 rings (SSSR count). The lowest BCUT2D eigenvalue weighted by Gasteiger charge is -2.04. The number of anilines is 1. The van der Waals surface area contributed by atoms with Crippen molar-refractivity contribution in [3.63, 3.8) is 0 Å². The summed E-state index contributed by atoms with van der Waals surface area (Å²) < 4.78 is 12.6. The molecule has 0 aliphatic heterocycles. The molecule has 0 spiro atoms. The molecule has 1 saturated carbocycles. The Morgan fingerprint density at radius 2 is 2.00 bits per heavy atom. The average Bonchev–Trinajstić information content (AvgIpc) is 3.13. The van der Waals surface area contributed by atoms with Crippen LogP contribution in [-0.4, -0.2) is 24.5 Å². The van der Waals surface area contributed by atoms with Gasteiger partial charge in [-0.3, -0.25) is 4.79 Å². The van der Waals surface area contributed by atoms with Crippen molar-refractivity contribution >= 4 is 41.5 Å². The minimum Gasteiger partial charge on any atom is -0.370 e. The van der Waals surface area contributed by atoms with Gasteiger partial charge in [-0.15, -0.1) is 24.0 Å². The number of nitrogens with zero attached hydrogens (tertiary/aromatic N) is 1. The molecule has 0 atom stereocenters. The number of amides is 1. The number of guanidine groups is 1. The number of nitrogens with one attached hydrogen (secondary N) is 2. The van der Waals surface area contributed by atoms with E-state index in [9.17, 15) is 9.18 Å². The lowest BCUT2D eigenvalue weighted by molar-refractivity contribution is -0.114. The van der Waals surface area contributed by atoms with Gasteiger partial charge in [-0.25, -0.2) is 9.38 Å². The maximum Gasteiger partial charge on any atom is 0.246 e. The van der Waals surface area contributed by atoms with E-state index in [2.05, 4.69) is 15.6 Å². The number of carbonyl (C=O) groups excluding carboxylic acids is 1. The molecule has 104 valence electrons. The Labute approximate surface area is 127 Å². The molecule has 1 fully saturated rings. The summed E-state index contributed by atoms with van der Waals surface area (Å²) in [5.74, 6) is -0.349. The molecule has 1 aromatic carbocycles. The van der Waals surface area contributed by atoms with Gasteiger partial charge < -0.3 is 16.4 Å². The van der Waals surface area contributed by atoms with Crippen LogP contribution in [0, 0.1) is 5.82 Å². The molecule has 0 bridgehead atoms. The third-order valence-corrected chi connectivity index (χ3v) is 2.45. The fourth-order valence-electron chi connectivity index (χ4n) is 1.37. The lowest BCUT2D eigenvalue weighted by atomic mass is 10.3. The third kappa shape index (κ3) is 5.86. The second kappa shape index (κ2) is 7.27. The van der Waals surface area contributed by atoms with Gasteiger partial charge in [-0.05, 0) is 37.1 Å². The Hall–Kier alpha value is -1.38. The Bertz CT molecular complexity index is 459. The Morgan fingerprint density at radius 1 is 1.37 bits per heavy atom. The largest absolute Gasteiger partial charge is 0.370 e. The van der Waals surface area contributed by atoms with Gasteiger partial charge in [0.1, 0.15) is 12.4 Å². The van der Waals surface area contributed by atoms with Crippen molar-refractivity contribution in [1.29, 1.82) is 0 Å². The third-order valence-electron chi connectivity index (χ3n) is 2.45. The van der Waals surface area contributed by atoms with E-state index in [4.69, 9.17) is 5.73 Å². The molecule has 19 heavy (non-hydrogen) atoms. The highest BCUT2D eigenvalue weighted by atomic mass is 127. The van der Waals surface area contributed by atoms with E-state index >= 15 is 0 Å². The van der Waals surface area contributed by atoms with E-state index < -0.39 is 0 Å². The highest BCUT2D eigenvalue weighted by molar-refractivity contribution is 14.0. The van der Waals surface area contributed by atoms with Crippen LogP contribution >= 0.6 is 24.0 Å². The van der Waals surface area contributed by atoms with E-state index in [-0.39, 0.29) is 48.2 Å². The second-order valence-electron chi connectivity index (χ2n) is 4.18. The molecule has 5 nitrogen and oxygen atoms in total. The molecule has 0 aromatic heterocycles. The van der Waals surface area contributed by atoms with Crippen LogP contribution in [0.2, 0.25) is 0 Å². The highest BCUT2D eigenvalue weighted by Gasteiger charge is 2.21. The summed E-state index contributed by atoms with van der Waals surface area (Å²) >= 11 is 0. The van der Waals surface area contributed by atoms with Crippen LogP contribution in [0.5, 0.6) is 0 Å². The second-order valence-corrected chi connectivity index (χ2v) is 4.18. The van der Waals surface area contributed by atoms with Gasteiger partial charge in [0, 0.05) is 11.7 Å². The van der Waals surface area contributed by atoms with Crippen molar-refractivity contribution in [3.05, 3.63) is 30.1 Å². The minimum absolute atomic E-state index is 0. The Kier molecular flexibility index (Phi) is 6.00. The molecular weight excluding hydrogens is 362 g/mol. The molecule has 0 heterocycles. The number of benzene rings is 1. The number of carbonyl (C=O) groups is 1. The van der Waals surface area contributed by atoms with Crippen molar-refractivity contribution in [3.8, 4) is 0 Å². The van der Waals surface area contributed by atoms with Crippen molar-refractivity contribution in [2.24, 2.45) is 10.7 Å². The number of halogens is 2. The van der Waals surface area contributed by atoms with Crippen molar-refractivity contribution in [2.75, 3.05) is 11.9 Å². The molecule has 1 amide bonds. The van der Waals surface area contributed by atoms with Crippen LogP contribution < -0.4 is 16.4 Å². The summed E-state index contributed by atoms with van der Waals surface area (Å²) in [4.78, 5) is 15.4. The summed E-state index contributed by atoms with van der Waals surface area (Å²) in [6.45, 7) is -0.0526. The predicted octanol–water partition coefficient (Wildman–Crippen LogP) is 1.45. The number of aliphatic imine (C=N–C) groups is 1. The van der Waals surface area contributed by atoms with Crippen molar-refractivity contribution < 1.29 is 9.18 Å². The van der Waals surface area contributed by atoms with E-state index in [1.165, 1.54) is 24.3 Å². The van der Waals surface area contributed by atoms with Crippen LogP contribution in [-0.2, 0) is 4.79 Å². The fourth-order valence-corrected chi connectivity index (χ4v) is 1.37. The van der Waals surface area contributed by atoms with Crippen LogP contribution in [0.25, 0.3) is 0 Å². The number of hydrogen-bond acceptors (Lipinski definition) is 2. The summed E-state index contributed by atoms with van der Waals surface area (Å²) in [6, 6.07) is 5.95. The summed E-state index contributed by atoms with van der Waals surface area (Å²) in [5.41, 5.74) is 6.12. The lowest BCUT2D eigenvalue weighted by Crippen LogP contribution is -2.34. The zero-order valence-electron chi connectivity index (χ0n) is 10.2. The quantitative estimate of drug-likeness (QED) is 0.422. The monoisotopic (exact) mass is 378 g/mol. The minimum atomic E-state index is -0.344. The van der Waals surface area contributed by atoms with Crippen LogP contribution in [0.3, 0.4) is 0 Å². The average molecular weight is 378 g/mol. The van der Waals surface area contributed by atoms with Gasteiger partial charge in [0.2, 0.25) is 5.91 Å². The zero-order chi connectivity index (χ0) is 13.0. The molecule has 1 aliphatic rings. The van der Waals surface area contributed by atoms with Crippen molar-refractivity contribution in [1.82, 2.24) is 5.32 Å². The van der Waals surface area contributed by atoms with Crippen molar-refractivity contribution in [2.45, 2.75) is 18.9 Å². The first-order valence-corrected chi connectivity index (χ1v) is 5.75. The smallest absolute Gasteiger partial charge is 0.246 e. The van der Waals surface area contributed by atoms with Gasteiger partial charge in [-0.2, -0.15) is 0 Å². The highest BCUT2D eigenvalue weighted by Crippen LogP contribution is 2.17. The van der Waals surface area contributed by atoms with E-state index in [0.29, 0.717) is 11.7 Å². The zero-order valence-corrected chi connectivity index (χ0v) is 12.6. The normalized spacial score (nSPS) is 14.5. The maximum atomic E-state index is 12.6. The first-order valence-electron chi connectivity index (χ1n) is 5.75. The summed E-state index contributed by atoms with van der Waals surface area (Å²) in [5, 5.41) is 5.58. The first-order chi connectivity index (χ1) is 8.63.